The summed E-state index contributed by atoms with van der Waals surface area (Å²) in [7, 11) is 1.39. The van der Waals surface area contributed by atoms with Gasteiger partial charge in [0.1, 0.15) is 0 Å². The molecule has 3 heterocycles. The molecule has 6 nitrogen and oxygen atoms in total. The highest BCUT2D eigenvalue weighted by Gasteiger charge is 2.41. The molecule has 0 saturated carbocycles. The number of ether oxygens (including phenoxy) is 1. The molecule has 0 unspecified atom stereocenters. The molecule has 160 valence electrons. The van der Waals surface area contributed by atoms with Crippen molar-refractivity contribution in [3.63, 3.8) is 0 Å². The fourth-order valence-electron chi connectivity index (χ4n) is 3.93. The Kier molecular flexibility index (Phi) is 6.25. The summed E-state index contributed by atoms with van der Waals surface area (Å²) >= 11 is 11.9. The first-order valence-electron chi connectivity index (χ1n) is 9.98. The lowest BCUT2D eigenvalue weighted by molar-refractivity contribution is -0.140. The van der Waals surface area contributed by atoms with Crippen LogP contribution in [0.1, 0.15) is 35.5 Å². The van der Waals surface area contributed by atoms with Crippen LogP contribution in [0.2, 0.25) is 5.02 Å². The van der Waals surface area contributed by atoms with Crippen LogP contribution in [0.4, 0.5) is 0 Å². The number of methoxy groups -OCH3 is 1. The molecule has 0 radical (unpaired) electrons. The highest BCUT2D eigenvalue weighted by atomic mass is 35.5. The standard InChI is InChI=1S/C23H23ClN4O2S/c1-15-14-16(8-9-17(15)24)27-12-5-7-19(27)22-21(18-6-3-4-11-25-18)26-23(31)28(22)13-10-20(29)30-2/h3-9,11-12,14,21-22H,10,13H2,1-2H3,(H,26,31)/t21-,22+/m1/s1. The van der Waals surface area contributed by atoms with E-state index in [1.54, 1.807) is 6.20 Å². The zero-order valence-electron chi connectivity index (χ0n) is 17.3. The van der Waals surface area contributed by atoms with Crippen molar-refractivity contribution in [1.82, 2.24) is 19.8 Å². The third-order valence-electron chi connectivity index (χ3n) is 5.49. The Morgan fingerprint density at radius 3 is 2.81 bits per heavy atom. The molecule has 1 saturated heterocycles. The Labute approximate surface area is 191 Å². The number of nitrogens with one attached hydrogen (secondary N) is 1. The van der Waals surface area contributed by atoms with Gasteiger partial charge in [0, 0.05) is 35.3 Å². The number of hydrogen-bond acceptors (Lipinski definition) is 4. The number of carbonyl (C=O) groups excluding carboxylic acids is 1. The number of benzene rings is 1. The Hall–Kier alpha value is -2.90. The minimum absolute atomic E-state index is 0.155. The van der Waals surface area contributed by atoms with E-state index in [9.17, 15) is 4.79 Å². The number of halogens is 1. The van der Waals surface area contributed by atoms with Crippen LogP contribution >= 0.6 is 23.8 Å². The van der Waals surface area contributed by atoms with E-state index in [0.717, 1.165) is 27.7 Å². The van der Waals surface area contributed by atoms with E-state index >= 15 is 0 Å². The summed E-state index contributed by atoms with van der Waals surface area (Å²) in [6.45, 7) is 2.43. The van der Waals surface area contributed by atoms with Gasteiger partial charge in [0.2, 0.25) is 0 Å². The number of aromatic nitrogens is 2. The summed E-state index contributed by atoms with van der Waals surface area (Å²) in [4.78, 5) is 18.4. The predicted octanol–water partition coefficient (Wildman–Crippen LogP) is 4.37. The molecular weight excluding hydrogens is 432 g/mol. The Bertz CT molecular complexity index is 1100. The highest BCUT2D eigenvalue weighted by Crippen LogP contribution is 2.39. The Morgan fingerprint density at radius 1 is 1.26 bits per heavy atom. The van der Waals surface area contributed by atoms with Gasteiger partial charge < -0.3 is 19.5 Å². The first-order valence-corrected chi connectivity index (χ1v) is 10.8. The topological polar surface area (TPSA) is 59.4 Å². The van der Waals surface area contributed by atoms with Crippen molar-refractivity contribution < 1.29 is 9.53 Å². The van der Waals surface area contributed by atoms with Gasteiger partial charge in [0.15, 0.2) is 5.11 Å². The number of pyridine rings is 1. The van der Waals surface area contributed by atoms with Crippen LogP contribution in [-0.4, -0.2) is 39.2 Å². The fraction of sp³-hybridized carbons (Fsp3) is 0.261. The van der Waals surface area contributed by atoms with Gasteiger partial charge in [-0.2, -0.15) is 0 Å². The Balaban J connectivity index is 1.77. The van der Waals surface area contributed by atoms with Gasteiger partial charge in [0.05, 0.1) is 31.3 Å². The number of thiocarbonyl (C=S) groups is 1. The zero-order valence-corrected chi connectivity index (χ0v) is 18.9. The SMILES string of the molecule is COC(=O)CCN1C(=S)N[C@H](c2ccccn2)[C@@H]1c1cccn1-c1ccc(Cl)c(C)c1. The van der Waals surface area contributed by atoms with Crippen molar-refractivity contribution in [1.29, 1.82) is 0 Å². The Morgan fingerprint density at radius 2 is 2.10 bits per heavy atom. The van der Waals surface area contributed by atoms with Crippen LogP contribution < -0.4 is 5.32 Å². The highest BCUT2D eigenvalue weighted by molar-refractivity contribution is 7.80. The molecule has 2 aromatic heterocycles. The van der Waals surface area contributed by atoms with E-state index in [1.807, 2.05) is 54.4 Å². The van der Waals surface area contributed by atoms with Gasteiger partial charge in [-0.3, -0.25) is 9.78 Å². The van der Waals surface area contributed by atoms with Crippen molar-refractivity contribution in [3.05, 3.63) is 82.9 Å². The van der Waals surface area contributed by atoms with Crippen LogP contribution in [0.15, 0.2) is 60.9 Å². The van der Waals surface area contributed by atoms with E-state index in [2.05, 4.69) is 27.0 Å². The van der Waals surface area contributed by atoms with Crippen LogP contribution in [0.3, 0.4) is 0 Å². The molecule has 0 bridgehead atoms. The summed E-state index contributed by atoms with van der Waals surface area (Å²) in [6.07, 6.45) is 4.04. The first-order chi connectivity index (χ1) is 15.0. The van der Waals surface area contributed by atoms with Crippen molar-refractivity contribution in [2.75, 3.05) is 13.7 Å². The van der Waals surface area contributed by atoms with Crippen molar-refractivity contribution in [2.24, 2.45) is 0 Å². The molecule has 1 aliphatic heterocycles. The lowest BCUT2D eigenvalue weighted by Gasteiger charge is -2.28. The van der Waals surface area contributed by atoms with Crippen molar-refractivity contribution in [3.8, 4) is 5.69 Å². The van der Waals surface area contributed by atoms with Crippen LogP contribution in [-0.2, 0) is 9.53 Å². The van der Waals surface area contributed by atoms with E-state index in [-0.39, 0.29) is 24.5 Å². The van der Waals surface area contributed by atoms with Gasteiger partial charge in [-0.1, -0.05) is 17.7 Å². The molecule has 4 rings (SSSR count). The normalized spacial score (nSPS) is 18.2. The summed E-state index contributed by atoms with van der Waals surface area (Å²) in [6, 6.07) is 15.6. The maximum atomic E-state index is 11.8. The predicted molar refractivity (Wildman–Crippen MR) is 124 cm³/mol. The van der Waals surface area contributed by atoms with Gasteiger partial charge >= 0.3 is 5.97 Å². The molecule has 0 aliphatic carbocycles. The third kappa shape index (κ3) is 4.29. The van der Waals surface area contributed by atoms with Crippen LogP contribution in [0, 0.1) is 6.92 Å². The molecular formula is C23H23ClN4O2S. The van der Waals surface area contributed by atoms with Crippen molar-refractivity contribution in [2.45, 2.75) is 25.4 Å². The molecule has 0 spiro atoms. The molecule has 2 atom stereocenters. The molecule has 1 aromatic carbocycles. The van der Waals surface area contributed by atoms with Crippen LogP contribution in [0.5, 0.6) is 0 Å². The van der Waals surface area contributed by atoms with Gasteiger partial charge in [-0.05, 0) is 67.2 Å². The second-order valence-corrected chi connectivity index (χ2v) is 8.18. The fourth-order valence-corrected chi connectivity index (χ4v) is 4.38. The molecule has 0 amide bonds. The van der Waals surface area contributed by atoms with Gasteiger partial charge in [-0.15, -0.1) is 0 Å². The number of carbonyl (C=O) groups is 1. The maximum absolute atomic E-state index is 11.8. The van der Waals surface area contributed by atoms with E-state index in [4.69, 9.17) is 28.6 Å². The molecule has 1 aliphatic rings. The van der Waals surface area contributed by atoms with E-state index in [1.165, 1.54) is 7.11 Å². The molecule has 8 heteroatoms. The third-order valence-corrected chi connectivity index (χ3v) is 6.26. The average Bonchev–Trinajstić information content (AvgIpc) is 3.38. The quantitative estimate of drug-likeness (QED) is 0.441. The summed E-state index contributed by atoms with van der Waals surface area (Å²) in [5, 5.41) is 4.72. The van der Waals surface area contributed by atoms with Crippen molar-refractivity contribution >= 4 is 34.9 Å². The van der Waals surface area contributed by atoms with Gasteiger partial charge in [0.25, 0.3) is 0 Å². The first kappa shape index (κ1) is 21.3. The summed E-state index contributed by atoms with van der Waals surface area (Å²) < 4.78 is 6.97. The maximum Gasteiger partial charge on any atom is 0.307 e. The number of esters is 1. The number of aryl methyl sites for hydroxylation is 1. The lowest BCUT2D eigenvalue weighted by atomic mass is 10.0. The average molecular weight is 455 g/mol. The van der Waals surface area contributed by atoms with E-state index in [0.29, 0.717) is 11.7 Å². The monoisotopic (exact) mass is 454 g/mol. The van der Waals surface area contributed by atoms with Gasteiger partial charge in [-0.25, -0.2) is 0 Å². The van der Waals surface area contributed by atoms with E-state index < -0.39 is 0 Å². The smallest absolute Gasteiger partial charge is 0.307 e. The number of rotatable bonds is 6. The van der Waals surface area contributed by atoms with Crippen LogP contribution in [0.25, 0.3) is 5.69 Å². The second-order valence-electron chi connectivity index (χ2n) is 7.38. The summed E-state index contributed by atoms with van der Waals surface area (Å²) in [5.41, 5.74) is 3.93. The number of hydrogen-bond donors (Lipinski definition) is 1. The molecule has 1 N–H and O–H groups in total. The summed E-state index contributed by atoms with van der Waals surface area (Å²) in [5.74, 6) is -0.272. The molecule has 31 heavy (non-hydrogen) atoms. The molecule has 1 fully saturated rings. The minimum atomic E-state index is -0.272. The zero-order chi connectivity index (χ0) is 22.0. The largest absolute Gasteiger partial charge is 0.469 e. The minimum Gasteiger partial charge on any atom is -0.469 e. The second kappa shape index (κ2) is 9.08. The number of nitrogens with zero attached hydrogens (tertiary/aromatic N) is 3. The molecule has 3 aromatic rings. The lowest BCUT2D eigenvalue weighted by Crippen LogP contribution is -2.32.